The molecular formula is C18H19N3O2S. The van der Waals surface area contributed by atoms with Crippen LogP contribution < -0.4 is 4.74 Å². The van der Waals surface area contributed by atoms with Gasteiger partial charge in [0.1, 0.15) is 11.2 Å². The van der Waals surface area contributed by atoms with Gasteiger partial charge in [-0.05, 0) is 30.9 Å². The molecule has 0 aliphatic rings. The molecule has 0 saturated carbocycles. The average molecular weight is 341 g/mol. The summed E-state index contributed by atoms with van der Waals surface area (Å²) in [6.07, 6.45) is 1.46. The fraction of sp³-hybridized carbons (Fsp3) is 0.278. The van der Waals surface area contributed by atoms with Crippen LogP contribution in [-0.2, 0) is 11.3 Å². The minimum atomic E-state index is -0.0594. The first kappa shape index (κ1) is 16.4. The predicted molar refractivity (Wildman–Crippen MR) is 95.0 cm³/mol. The van der Waals surface area contributed by atoms with Gasteiger partial charge < -0.3 is 9.64 Å². The fourth-order valence-electron chi connectivity index (χ4n) is 2.43. The summed E-state index contributed by atoms with van der Waals surface area (Å²) in [5.41, 5.74) is 1.10. The lowest BCUT2D eigenvalue weighted by Gasteiger charge is -2.26. The van der Waals surface area contributed by atoms with Crippen molar-refractivity contribution in [2.45, 2.75) is 26.4 Å². The van der Waals surface area contributed by atoms with Crippen LogP contribution in [0.1, 0.15) is 19.4 Å². The van der Waals surface area contributed by atoms with E-state index in [-0.39, 0.29) is 18.6 Å². The number of rotatable bonds is 6. The van der Waals surface area contributed by atoms with E-state index in [1.807, 2.05) is 55.6 Å². The lowest BCUT2D eigenvalue weighted by Crippen LogP contribution is -2.39. The van der Waals surface area contributed by atoms with Crippen LogP contribution in [0.4, 0.5) is 0 Å². The van der Waals surface area contributed by atoms with Crippen LogP contribution in [0, 0.1) is 0 Å². The number of ether oxygens (including phenoxy) is 1. The van der Waals surface area contributed by atoms with Gasteiger partial charge in [0.25, 0.3) is 5.91 Å². The molecule has 0 radical (unpaired) electrons. The summed E-state index contributed by atoms with van der Waals surface area (Å²) in [6.45, 7) is 4.54. The molecule has 0 atom stereocenters. The van der Waals surface area contributed by atoms with Crippen LogP contribution in [0.5, 0.6) is 5.88 Å². The van der Waals surface area contributed by atoms with Crippen molar-refractivity contribution >= 4 is 27.5 Å². The molecule has 5 nitrogen and oxygen atoms in total. The third kappa shape index (κ3) is 3.71. The molecule has 2 heterocycles. The van der Waals surface area contributed by atoms with Crippen molar-refractivity contribution in [3.05, 3.63) is 53.7 Å². The molecule has 3 aromatic rings. The Labute approximate surface area is 144 Å². The Morgan fingerprint density at radius 3 is 2.75 bits per heavy atom. The summed E-state index contributed by atoms with van der Waals surface area (Å²) in [7, 11) is 0. The maximum Gasteiger partial charge on any atom is 0.261 e. The normalized spacial score (nSPS) is 11.0. The molecule has 0 aliphatic carbocycles. The standard InChI is InChI=1S/C18H19N3O2S/c1-13(2)21(10-14-6-4-3-5-7-14)16(22)11-23-17-15-8-9-24-18(15)20-12-19-17/h3-9,12-13H,10-11H2,1-2H3. The van der Waals surface area contributed by atoms with E-state index in [9.17, 15) is 4.79 Å². The lowest BCUT2D eigenvalue weighted by molar-refractivity contribution is -0.135. The number of aromatic nitrogens is 2. The van der Waals surface area contributed by atoms with Gasteiger partial charge in [-0.1, -0.05) is 30.3 Å². The molecule has 0 N–H and O–H groups in total. The van der Waals surface area contributed by atoms with Crippen molar-refractivity contribution in [3.63, 3.8) is 0 Å². The van der Waals surface area contributed by atoms with Crippen LogP contribution in [0.15, 0.2) is 48.1 Å². The van der Waals surface area contributed by atoms with Crippen molar-refractivity contribution in [1.29, 1.82) is 0 Å². The van der Waals surface area contributed by atoms with Crippen molar-refractivity contribution in [1.82, 2.24) is 14.9 Å². The first-order chi connectivity index (χ1) is 11.6. The Morgan fingerprint density at radius 1 is 1.21 bits per heavy atom. The quantitative estimate of drug-likeness (QED) is 0.688. The predicted octanol–water partition coefficient (Wildman–Crippen LogP) is 3.51. The van der Waals surface area contributed by atoms with Gasteiger partial charge in [0.15, 0.2) is 6.61 Å². The molecule has 6 heteroatoms. The van der Waals surface area contributed by atoms with Crippen LogP contribution in [0.2, 0.25) is 0 Å². The van der Waals surface area contributed by atoms with E-state index in [2.05, 4.69) is 9.97 Å². The first-order valence-electron chi connectivity index (χ1n) is 7.79. The van der Waals surface area contributed by atoms with Crippen molar-refractivity contribution in [2.24, 2.45) is 0 Å². The van der Waals surface area contributed by atoms with E-state index < -0.39 is 0 Å². The maximum atomic E-state index is 12.6. The molecule has 2 aromatic heterocycles. The number of hydrogen-bond donors (Lipinski definition) is 0. The number of carbonyl (C=O) groups is 1. The van der Waals surface area contributed by atoms with E-state index in [4.69, 9.17) is 4.74 Å². The molecule has 24 heavy (non-hydrogen) atoms. The van der Waals surface area contributed by atoms with Gasteiger partial charge in [-0.15, -0.1) is 11.3 Å². The van der Waals surface area contributed by atoms with Gasteiger partial charge >= 0.3 is 0 Å². The topological polar surface area (TPSA) is 55.3 Å². The summed E-state index contributed by atoms with van der Waals surface area (Å²) in [5.74, 6) is 0.397. The largest absolute Gasteiger partial charge is 0.467 e. The van der Waals surface area contributed by atoms with E-state index in [0.717, 1.165) is 15.8 Å². The van der Waals surface area contributed by atoms with Gasteiger partial charge in [-0.2, -0.15) is 0 Å². The monoisotopic (exact) mass is 341 g/mol. The zero-order valence-corrected chi connectivity index (χ0v) is 14.5. The number of amides is 1. The van der Waals surface area contributed by atoms with Crippen LogP contribution in [0.3, 0.4) is 0 Å². The minimum absolute atomic E-state index is 0.0347. The third-order valence-electron chi connectivity index (χ3n) is 3.70. The summed E-state index contributed by atoms with van der Waals surface area (Å²) in [5, 5.41) is 2.78. The molecule has 0 spiro atoms. The zero-order chi connectivity index (χ0) is 16.9. The van der Waals surface area contributed by atoms with E-state index in [0.29, 0.717) is 12.4 Å². The Morgan fingerprint density at radius 2 is 2.00 bits per heavy atom. The highest BCUT2D eigenvalue weighted by atomic mass is 32.1. The SMILES string of the molecule is CC(C)N(Cc1ccccc1)C(=O)COc1ncnc2sccc12. The van der Waals surface area contributed by atoms with Crippen LogP contribution in [-0.4, -0.2) is 33.4 Å². The highest BCUT2D eigenvalue weighted by molar-refractivity contribution is 7.16. The highest BCUT2D eigenvalue weighted by Crippen LogP contribution is 2.25. The van der Waals surface area contributed by atoms with Crippen LogP contribution >= 0.6 is 11.3 Å². The molecule has 0 bridgehead atoms. The van der Waals surface area contributed by atoms with Crippen molar-refractivity contribution < 1.29 is 9.53 Å². The summed E-state index contributed by atoms with van der Waals surface area (Å²) < 4.78 is 5.67. The molecule has 124 valence electrons. The molecule has 0 saturated heterocycles. The molecule has 0 aliphatic heterocycles. The van der Waals surface area contributed by atoms with E-state index in [1.165, 1.54) is 17.7 Å². The summed E-state index contributed by atoms with van der Waals surface area (Å²) in [6, 6.07) is 11.9. The highest BCUT2D eigenvalue weighted by Gasteiger charge is 2.18. The van der Waals surface area contributed by atoms with Gasteiger partial charge in [0, 0.05) is 12.6 Å². The maximum absolute atomic E-state index is 12.6. The average Bonchev–Trinajstić information content (AvgIpc) is 3.07. The fourth-order valence-corrected chi connectivity index (χ4v) is 3.16. The number of benzene rings is 1. The molecule has 1 amide bonds. The Kier molecular flexibility index (Phi) is 5.05. The zero-order valence-electron chi connectivity index (χ0n) is 13.7. The number of carbonyl (C=O) groups excluding carboxylic acids is 1. The van der Waals surface area contributed by atoms with Crippen LogP contribution in [0.25, 0.3) is 10.2 Å². The van der Waals surface area contributed by atoms with E-state index in [1.54, 1.807) is 4.90 Å². The second-order valence-corrected chi connectivity index (χ2v) is 6.60. The number of fused-ring (bicyclic) bond motifs is 1. The Bertz CT molecular complexity index is 817. The number of nitrogens with zero attached hydrogens (tertiary/aromatic N) is 3. The Balaban J connectivity index is 1.68. The van der Waals surface area contributed by atoms with Gasteiger partial charge in [0.2, 0.25) is 5.88 Å². The third-order valence-corrected chi connectivity index (χ3v) is 4.52. The molecule has 0 fully saturated rings. The summed E-state index contributed by atoms with van der Waals surface area (Å²) in [4.78, 5) is 23.6. The first-order valence-corrected chi connectivity index (χ1v) is 8.67. The second-order valence-electron chi connectivity index (χ2n) is 5.71. The minimum Gasteiger partial charge on any atom is -0.467 e. The van der Waals surface area contributed by atoms with Crippen molar-refractivity contribution in [3.8, 4) is 5.88 Å². The van der Waals surface area contributed by atoms with Gasteiger partial charge in [-0.3, -0.25) is 4.79 Å². The number of hydrogen-bond acceptors (Lipinski definition) is 5. The molecule has 1 aromatic carbocycles. The van der Waals surface area contributed by atoms with Gasteiger partial charge in [-0.25, -0.2) is 9.97 Å². The van der Waals surface area contributed by atoms with Gasteiger partial charge in [0.05, 0.1) is 5.39 Å². The Hall–Kier alpha value is -2.47. The molecule has 0 unspecified atom stereocenters. The molecule has 3 rings (SSSR count). The second kappa shape index (κ2) is 7.40. The lowest BCUT2D eigenvalue weighted by atomic mass is 10.2. The summed E-state index contributed by atoms with van der Waals surface area (Å²) >= 11 is 1.52. The molecular weight excluding hydrogens is 322 g/mol. The number of thiophene rings is 1. The smallest absolute Gasteiger partial charge is 0.261 e. The van der Waals surface area contributed by atoms with Crippen molar-refractivity contribution in [2.75, 3.05) is 6.61 Å². The van der Waals surface area contributed by atoms with E-state index >= 15 is 0 Å².